The van der Waals surface area contributed by atoms with Gasteiger partial charge in [0, 0.05) is 0 Å². The molecule has 0 radical (unpaired) electrons. The maximum Gasteiger partial charge on any atom is 0.408 e. The summed E-state index contributed by atoms with van der Waals surface area (Å²) in [6.45, 7) is 9.14. The Morgan fingerprint density at radius 1 is 1.33 bits per heavy atom. The summed E-state index contributed by atoms with van der Waals surface area (Å²) in [5, 5.41) is 11.9. The molecular weight excluding hydrogens is 306 g/mol. The van der Waals surface area contributed by atoms with Crippen LogP contribution < -0.4 is 5.32 Å². The summed E-state index contributed by atoms with van der Waals surface area (Å²) in [6, 6.07) is -0.956. The van der Waals surface area contributed by atoms with Crippen LogP contribution in [-0.4, -0.2) is 29.3 Å². The Kier molecular flexibility index (Phi) is 5.94. The third-order valence-electron chi connectivity index (χ3n) is 5.57. The van der Waals surface area contributed by atoms with E-state index < -0.39 is 23.5 Å². The second-order valence-corrected chi connectivity index (χ2v) is 8.37. The number of carboxylic acid groups (broad SMARTS) is 1. The predicted molar refractivity (Wildman–Crippen MR) is 92.7 cm³/mol. The lowest BCUT2D eigenvalue weighted by Crippen LogP contribution is -2.50. The summed E-state index contributed by atoms with van der Waals surface area (Å²) in [7, 11) is 0. The molecule has 1 amide bonds. The number of unbranched alkanes of at least 4 members (excludes halogenated alkanes) is 1. The number of alkyl carbamates (subject to hydrolysis) is 1. The van der Waals surface area contributed by atoms with Gasteiger partial charge in [0.2, 0.25) is 0 Å². The average Bonchev–Trinajstić information content (AvgIpc) is 3.06. The maximum atomic E-state index is 12.3. The van der Waals surface area contributed by atoms with E-state index in [1.54, 1.807) is 20.8 Å². The van der Waals surface area contributed by atoms with Crippen LogP contribution in [0.15, 0.2) is 12.7 Å². The van der Waals surface area contributed by atoms with Crippen molar-refractivity contribution in [3.63, 3.8) is 0 Å². The molecule has 24 heavy (non-hydrogen) atoms. The number of rotatable bonds is 7. The van der Waals surface area contributed by atoms with Gasteiger partial charge in [-0.2, -0.15) is 0 Å². The number of carboxylic acids is 1. The maximum absolute atomic E-state index is 12.3. The molecule has 136 valence electrons. The molecule has 2 aliphatic rings. The second-order valence-electron chi connectivity index (χ2n) is 8.37. The number of carbonyl (C=O) groups is 2. The summed E-state index contributed by atoms with van der Waals surface area (Å²) in [5.41, 5.74) is -0.567. The lowest BCUT2D eigenvalue weighted by atomic mass is 9.83. The Labute approximate surface area is 144 Å². The van der Waals surface area contributed by atoms with E-state index in [0.717, 1.165) is 32.1 Å². The van der Waals surface area contributed by atoms with Crippen molar-refractivity contribution in [1.82, 2.24) is 5.32 Å². The van der Waals surface area contributed by atoms with E-state index in [1.807, 2.05) is 6.08 Å². The number of nitrogens with one attached hydrogen (secondary N) is 1. The van der Waals surface area contributed by atoms with Crippen LogP contribution in [0.3, 0.4) is 0 Å². The van der Waals surface area contributed by atoms with Crippen molar-refractivity contribution in [3.8, 4) is 0 Å². The van der Waals surface area contributed by atoms with Crippen molar-refractivity contribution in [2.45, 2.75) is 71.4 Å². The molecule has 2 aliphatic carbocycles. The largest absolute Gasteiger partial charge is 0.480 e. The zero-order valence-electron chi connectivity index (χ0n) is 15.1. The topological polar surface area (TPSA) is 75.6 Å². The first kappa shape index (κ1) is 18.8. The molecule has 2 rings (SSSR count). The fraction of sp³-hybridized carbons (Fsp3) is 0.789. The molecule has 2 N–H and O–H groups in total. The van der Waals surface area contributed by atoms with Crippen LogP contribution in [0.2, 0.25) is 0 Å². The van der Waals surface area contributed by atoms with E-state index >= 15 is 0 Å². The fourth-order valence-corrected chi connectivity index (χ4v) is 4.36. The quantitative estimate of drug-likeness (QED) is 0.544. The van der Waals surface area contributed by atoms with Gasteiger partial charge in [-0.15, -0.1) is 6.58 Å². The molecule has 0 heterocycles. The molecule has 0 aromatic heterocycles. The molecule has 2 fully saturated rings. The first-order chi connectivity index (χ1) is 11.2. The highest BCUT2D eigenvalue weighted by Gasteiger charge is 2.49. The molecule has 0 saturated heterocycles. The smallest absolute Gasteiger partial charge is 0.408 e. The normalized spacial score (nSPS) is 30.0. The lowest BCUT2D eigenvalue weighted by Gasteiger charge is -2.32. The molecule has 0 aromatic rings. The first-order valence-electron chi connectivity index (χ1n) is 9.05. The molecular formula is C19H31NO4. The highest BCUT2D eigenvalue weighted by atomic mass is 16.6. The Morgan fingerprint density at radius 3 is 2.58 bits per heavy atom. The van der Waals surface area contributed by atoms with Gasteiger partial charge in [0.25, 0.3) is 0 Å². The van der Waals surface area contributed by atoms with Crippen LogP contribution in [0.25, 0.3) is 0 Å². The number of fused-ring (bicyclic) bond motifs is 2. The van der Waals surface area contributed by atoms with Gasteiger partial charge >= 0.3 is 12.1 Å². The predicted octanol–water partition coefficient (Wildman–Crippen LogP) is 3.98. The Balaban J connectivity index is 1.96. The van der Waals surface area contributed by atoms with Crippen LogP contribution >= 0.6 is 0 Å². The van der Waals surface area contributed by atoms with Crippen molar-refractivity contribution in [3.05, 3.63) is 12.7 Å². The van der Waals surface area contributed by atoms with Gasteiger partial charge in [-0.3, -0.25) is 0 Å². The van der Waals surface area contributed by atoms with E-state index in [2.05, 4.69) is 11.9 Å². The number of allylic oxidation sites excluding steroid dienone is 1. The van der Waals surface area contributed by atoms with E-state index in [0.29, 0.717) is 17.8 Å². The number of aliphatic carboxylic acids is 1. The zero-order chi connectivity index (χ0) is 17.9. The van der Waals surface area contributed by atoms with Crippen molar-refractivity contribution >= 4 is 12.1 Å². The Hall–Kier alpha value is -1.52. The molecule has 0 spiro atoms. The van der Waals surface area contributed by atoms with E-state index in [-0.39, 0.29) is 6.10 Å². The number of ether oxygens (including phenoxy) is 1. The van der Waals surface area contributed by atoms with E-state index in [4.69, 9.17) is 4.74 Å². The van der Waals surface area contributed by atoms with Crippen LogP contribution in [0.1, 0.15) is 59.3 Å². The van der Waals surface area contributed by atoms with Gasteiger partial charge < -0.3 is 15.2 Å². The number of hydrogen-bond acceptors (Lipinski definition) is 3. The molecule has 1 unspecified atom stereocenters. The van der Waals surface area contributed by atoms with Gasteiger partial charge in [-0.05, 0) is 61.7 Å². The Morgan fingerprint density at radius 2 is 2.00 bits per heavy atom. The van der Waals surface area contributed by atoms with Crippen LogP contribution in [0, 0.1) is 23.2 Å². The molecule has 5 heteroatoms. The van der Waals surface area contributed by atoms with Crippen LogP contribution in [-0.2, 0) is 9.53 Å². The van der Waals surface area contributed by atoms with Crippen molar-refractivity contribution < 1.29 is 19.4 Å². The molecule has 2 saturated carbocycles. The molecule has 5 nitrogen and oxygen atoms in total. The summed E-state index contributed by atoms with van der Waals surface area (Å²) < 4.78 is 5.73. The summed E-state index contributed by atoms with van der Waals surface area (Å²) in [5.74, 6) is 0.463. The highest BCUT2D eigenvalue weighted by Crippen LogP contribution is 2.51. The number of amides is 1. The van der Waals surface area contributed by atoms with Crippen LogP contribution in [0.5, 0.6) is 0 Å². The second kappa shape index (κ2) is 7.58. The van der Waals surface area contributed by atoms with Crippen molar-refractivity contribution in [2.24, 2.45) is 23.2 Å². The standard InChI is InChI=1S/C19H31NO4/c1-5-6-7-8-14-12-9-10-13(11-12)15(14)24-18(23)20-16(17(21)22)19(2,3)4/h5,12-16H,1,6-11H2,2-4H3,(H,20,23)(H,21,22)/t12?,13-,14+,15+,16+/m0/s1. The summed E-state index contributed by atoms with van der Waals surface area (Å²) in [6.07, 6.45) is 7.84. The highest BCUT2D eigenvalue weighted by molar-refractivity contribution is 5.80. The lowest BCUT2D eigenvalue weighted by molar-refractivity contribution is -0.142. The molecule has 2 bridgehead atoms. The number of carbonyl (C=O) groups excluding carboxylic acids is 1. The minimum Gasteiger partial charge on any atom is -0.480 e. The first-order valence-corrected chi connectivity index (χ1v) is 9.05. The minimum atomic E-state index is -1.03. The third-order valence-corrected chi connectivity index (χ3v) is 5.57. The van der Waals surface area contributed by atoms with E-state index in [1.165, 1.54) is 6.42 Å². The summed E-state index contributed by atoms with van der Waals surface area (Å²) >= 11 is 0. The third kappa shape index (κ3) is 4.31. The SMILES string of the molecule is C=CCCC[C@@H]1C2CC[C@@H](C2)[C@H]1OC(=O)N[C@H](C(=O)O)C(C)(C)C. The van der Waals surface area contributed by atoms with Gasteiger partial charge in [0.05, 0.1) is 0 Å². The van der Waals surface area contributed by atoms with Crippen LogP contribution in [0.4, 0.5) is 4.79 Å². The fourth-order valence-electron chi connectivity index (χ4n) is 4.36. The molecule has 0 aromatic carbocycles. The average molecular weight is 337 g/mol. The van der Waals surface area contributed by atoms with Gasteiger partial charge in [-0.25, -0.2) is 9.59 Å². The molecule has 0 aliphatic heterocycles. The summed E-state index contributed by atoms with van der Waals surface area (Å²) in [4.78, 5) is 23.7. The van der Waals surface area contributed by atoms with Crippen molar-refractivity contribution in [2.75, 3.05) is 0 Å². The van der Waals surface area contributed by atoms with Crippen molar-refractivity contribution in [1.29, 1.82) is 0 Å². The monoisotopic (exact) mass is 337 g/mol. The zero-order valence-corrected chi connectivity index (χ0v) is 15.1. The van der Waals surface area contributed by atoms with Gasteiger partial charge in [0.15, 0.2) is 0 Å². The number of hydrogen-bond donors (Lipinski definition) is 2. The van der Waals surface area contributed by atoms with Gasteiger partial charge in [0.1, 0.15) is 12.1 Å². The molecule has 5 atom stereocenters. The van der Waals surface area contributed by atoms with E-state index in [9.17, 15) is 14.7 Å². The Bertz CT molecular complexity index is 482. The van der Waals surface area contributed by atoms with Gasteiger partial charge in [-0.1, -0.05) is 26.8 Å². The minimum absolute atomic E-state index is 0.0667.